The van der Waals surface area contributed by atoms with Crippen LogP contribution in [0.5, 0.6) is 5.88 Å². The Bertz CT molecular complexity index is 1500. The zero-order valence-electron chi connectivity index (χ0n) is 16.6. The maximum Gasteiger partial charge on any atom is 0.218 e. The van der Waals surface area contributed by atoms with Crippen molar-refractivity contribution < 1.29 is 5.11 Å². The molecule has 2 aromatic carbocycles. The van der Waals surface area contributed by atoms with Crippen molar-refractivity contribution in [3.63, 3.8) is 0 Å². The Hall–Kier alpha value is -3.42. The Balaban J connectivity index is 1.68. The summed E-state index contributed by atoms with van der Waals surface area (Å²) in [6.45, 7) is 4.00. The predicted molar refractivity (Wildman–Crippen MR) is 122 cm³/mol. The van der Waals surface area contributed by atoms with Crippen LogP contribution in [0, 0.1) is 13.8 Å². The van der Waals surface area contributed by atoms with Gasteiger partial charge in [-0.05, 0) is 55.8 Å². The average molecular weight is 451 g/mol. The molecule has 0 amide bonds. The molecule has 0 aliphatic rings. The van der Waals surface area contributed by atoms with E-state index in [1.165, 1.54) is 6.33 Å². The first-order valence-corrected chi connectivity index (χ1v) is 10.2. The summed E-state index contributed by atoms with van der Waals surface area (Å²) in [6.07, 6.45) is 1.45. The SMILES string of the molecule is Cc1c(C)n(-c2cccc(Cl)c2)c2ncnc(N=Nc3c(O)[nH]c4ccc(Cl)cc34)c12. The zero-order chi connectivity index (χ0) is 21.7. The van der Waals surface area contributed by atoms with Crippen molar-refractivity contribution in [2.75, 3.05) is 0 Å². The van der Waals surface area contributed by atoms with Gasteiger partial charge in [-0.2, -0.15) is 0 Å². The van der Waals surface area contributed by atoms with Gasteiger partial charge in [0.2, 0.25) is 5.88 Å². The second kappa shape index (κ2) is 7.37. The number of azo groups is 1. The van der Waals surface area contributed by atoms with Crippen molar-refractivity contribution in [2.45, 2.75) is 13.8 Å². The number of aryl methyl sites for hydroxylation is 1. The minimum absolute atomic E-state index is 0.0873. The number of halogens is 2. The highest BCUT2D eigenvalue weighted by Gasteiger charge is 2.18. The lowest BCUT2D eigenvalue weighted by atomic mass is 10.2. The minimum atomic E-state index is -0.0873. The molecule has 5 aromatic rings. The van der Waals surface area contributed by atoms with Gasteiger partial charge in [0.15, 0.2) is 17.2 Å². The van der Waals surface area contributed by atoms with Crippen LogP contribution in [0.15, 0.2) is 59.0 Å². The van der Waals surface area contributed by atoms with Gasteiger partial charge in [0.1, 0.15) is 6.33 Å². The summed E-state index contributed by atoms with van der Waals surface area (Å²) >= 11 is 12.3. The number of rotatable bonds is 3. The van der Waals surface area contributed by atoms with Crippen molar-refractivity contribution in [3.8, 4) is 11.6 Å². The van der Waals surface area contributed by atoms with Gasteiger partial charge in [-0.1, -0.05) is 29.3 Å². The van der Waals surface area contributed by atoms with E-state index in [1.807, 2.05) is 42.7 Å². The number of nitrogens with zero attached hydrogens (tertiary/aromatic N) is 5. The monoisotopic (exact) mass is 450 g/mol. The smallest absolute Gasteiger partial charge is 0.218 e. The number of aromatic amines is 1. The molecule has 3 heterocycles. The van der Waals surface area contributed by atoms with Gasteiger partial charge in [0.25, 0.3) is 0 Å². The Kier molecular flexibility index (Phi) is 4.64. The molecule has 0 saturated carbocycles. The van der Waals surface area contributed by atoms with E-state index in [4.69, 9.17) is 23.2 Å². The normalized spacial score (nSPS) is 11.9. The van der Waals surface area contributed by atoms with Crippen molar-refractivity contribution >= 4 is 56.6 Å². The van der Waals surface area contributed by atoms with E-state index in [0.717, 1.165) is 22.3 Å². The molecule has 0 fully saturated rings. The van der Waals surface area contributed by atoms with Crippen LogP contribution in [0.25, 0.3) is 27.6 Å². The molecule has 9 heteroatoms. The summed E-state index contributed by atoms with van der Waals surface area (Å²) in [7, 11) is 0. The van der Waals surface area contributed by atoms with E-state index in [9.17, 15) is 5.11 Å². The lowest BCUT2D eigenvalue weighted by molar-refractivity contribution is 0.459. The van der Waals surface area contributed by atoms with E-state index in [1.54, 1.807) is 18.2 Å². The van der Waals surface area contributed by atoms with Crippen LogP contribution in [0.4, 0.5) is 11.5 Å². The zero-order valence-corrected chi connectivity index (χ0v) is 18.1. The Labute approximate surface area is 187 Å². The highest BCUT2D eigenvalue weighted by atomic mass is 35.5. The predicted octanol–water partition coefficient (Wildman–Crippen LogP) is 6.95. The first-order chi connectivity index (χ1) is 14.9. The second-order valence-electron chi connectivity index (χ2n) is 7.13. The standard InChI is InChI=1S/C22H16Cl2N6O/c1-11-12(2)30(15-5-3-4-13(23)8-15)21-18(11)20(25-10-26-21)29-28-19-16-9-14(24)6-7-17(16)27-22(19)31/h3-10,27,31H,1-2H3. The summed E-state index contributed by atoms with van der Waals surface area (Å²) in [5.41, 5.74) is 4.59. The van der Waals surface area contributed by atoms with Crippen LogP contribution in [-0.4, -0.2) is 24.6 Å². The van der Waals surface area contributed by atoms with Gasteiger partial charge in [-0.15, -0.1) is 10.2 Å². The molecule has 7 nitrogen and oxygen atoms in total. The fourth-order valence-electron chi connectivity index (χ4n) is 3.72. The first-order valence-electron chi connectivity index (χ1n) is 9.44. The number of benzene rings is 2. The van der Waals surface area contributed by atoms with Gasteiger partial charge >= 0.3 is 0 Å². The van der Waals surface area contributed by atoms with E-state index < -0.39 is 0 Å². The number of hydrogen-bond acceptors (Lipinski definition) is 5. The van der Waals surface area contributed by atoms with Gasteiger partial charge in [-0.25, -0.2) is 9.97 Å². The Morgan fingerprint density at radius 1 is 1.00 bits per heavy atom. The minimum Gasteiger partial charge on any atom is -0.493 e. The molecule has 0 atom stereocenters. The van der Waals surface area contributed by atoms with Crippen LogP contribution in [0.1, 0.15) is 11.3 Å². The largest absolute Gasteiger partial charge is 0.493 e. The molecular weight excluding hydrogens is 435 g/mol. The van der Waals surface area contributed by atoms with Crippen LogP contribution in [0.2, 0.25) is 10.0 Å². The van der Waals surface area contributed by atoms with Crippen LogP contribution >= 0.6 is 23.2 Å². The van der Waals surface area contributed by atoms with Gasteiger partial charge < -0.3 is 10.1 Å². The lowest BCUT2D eigenvalue weighted by Gasteiger charge is -2.08. The second-order valence-corrected chi connectivity index (χ2v) is 8.01. The number of fused-ring (bicyclic) bond motifs is 2. The third-order valence-corrected chi connectivity index (χ3v) is 5.77. The topological polar surface area (TPSA) is 91.4 Å². The summed E-state index contributed by atoms with van der Waals surface area (Å²) < 4.78 is 2.01. The van der Waals surface area contributed by atoms with Crippen LogP contribution < -0.4 is 0 Å². The fourth-order valence-corrected chi connectivity index (χ4v) is 4.08. The summed E-state index contributed by atoms with van der Waals surface area (Å²) in [6, 6.07) is 12.8. The van der Waals surface area contributed by atoms with Crippen molar-refractivity contribution in [1.29, 1.82) is 0 Å². The van der Waals surface area contributed by atoms with Gasteiger partial charge in [-0.3, -0.25) is 4.57 Å². The summed E-state index contributed by atoms with van der Waals surface area (Å²) in [5, 5.41) is 21.6. The number of aromatic nitrogens is 4. The third kappa shape index (κ3) is 3.22. The van der Waals surface area contributed by atoms with E-state index in [0.29, 0.717) is 38.1 Å². The number of nitrogens with one attached hydrogen (secondary N) is 1. The Morgan fingerprint density at radius 3 is 2.61 bits per heavy atom. The van der Waals surface area contributed by atoms with Crippen molar-refractivity contribution in [3.05, 3.63) is 70.1 Å². The molecule has 0 spiro atoms. The molecule has 2 N–H and O–H groups in total. The van der Waals surface area contributed by atoms with E-state index in [-0.39, 0.29) is 5.88 Å². The van der Waals surface area contributed by atoms with Crippen molar-refractivity contribution in [1.82, 2.24) is 19.5 Å². The fraction of sp³-hybridized carbons (Fsp3) is 0.0909. The maximum absolute atomic E-state index is 10.3. The molecule has 0 aliphatic heterocycles. The highest BCUT2D eigenvalue weighted by molar-refractivity contribution is 6.31. The quantitative estimate of drug-likeness (QED) is 0.291. The highest BCUT2D eigenvalue weighted by Crippen LogP contribution is 2.39. The molecule has 31 heavy (non-hydrogen) atoms. The first kappa shape index (κ1) is 19.5. The Morgan fingerprint density at radius 2 is 1.81 bits per heavy atom. The number of hydrogen-bond donors (Lipinski definition) is 2. The average Bonchev–Trinajstić information content (AvgIpc) is 3.19. The molecule has 0 aliphatic carbocycles. The summed E-state index contributed by atoms with van der Waals surface area (Å²) in [5.74, 6) is 0.317. The molecule has 3 aromatic heterocycles. The molecule has 0 bridgehead atoms. The summed E-state index contributed by atoms with van der Waals surface area (Å²) in [4.78, 5) is 11.7. The van der Waals surface area contributed by atoms with E-state index in [2.05, 4.69) is 25.2 Å². The van der Waals surface area contributed by atoms with Crippen LogP contribution in [0.3, 0.4) is 0 Å². The van der Waals surface area contributed by atoms with Crippen molar-refractivity contribution in [2.24, 2.45) is 10.2 Å². The van der Waals surface area contributed by atoms with Crippen LogP contribution in [-0.2, 0) is 0 Å². The van der Waals surface area contributed by atoms with E-state index >= 15 is 0 Å². The molecule has 0 unspecified atom stereocenters. The molecule has 0 saturated heterocycles. The van der Waals surface area contributed by atoms with Gasteiger partial charge in [0, 0.05) is 26.8 Å². The molecule has 154 valence electrons. The number of H-pyrrole nitrogens is 1. The van der Waals surface area contributed by atoms with Gasteiger partial charge in [0.05, 0.1) is 10.9 Å². The number of aromatic hydroxyl groups is 1. The molecule has 0 radical (unpaired) electrons. The lowest BCUT2D eigenvalue weighted by Crippen LogP contribution is -1.98. The molecular formula is C22H16Cl2N6O. The maximum atomic E-state index is 10.3. The third-order valence-electron chi connectivity index (χ3n) is 5.30. The molecule has 5 rings (SSSR count).